The Bertz CT molecular complexity index is 496. The SMILES string of the molecule is CCOCC(O)c1cn[nH]c1-c1ccc(F)cc1. The van der Waals surface area contributed by atoms with Crippen molar-refractivity contribution in [2.45, 2.75) is 13.0 Å². The quantitative estimate of drug-likeness (QED) is 0.856. The first-order valence-electron chi connectivity index (χ1n) is 5.77. The van der Waals surface area contributed by atoms with Gasteiger partial charge in [0, 0.05) is 17.7 Å². The highest BCUT2D eigenvalue weighted by molar-refractivity contribution is 5.62. The largest absolute Gasteiger partial charge is 0.386 e. The van der Waals surface area contributed by atoms with Gasteiger partial charge in [0.15, 0.2) is 0 Å². The third kappa shape index (κ3) is 2.75. The smallest absolute Gasteiger partial charge is 0.123 e. The predicted octanol–water partition coefficient (Wildman–Crippen LogP) is 2.29. The van der Waals surface area contributed by atoms with Crippen molar-refractivity contribution in [3.63, 3.8) is 0 Å². The molecule has 0 amide bonds. The third-order valence-electron chi connectivity index (χ3n) is 2.64. The molecule has 0 saturated carbocycles. The molecule has 0 aliphatic heterocycles. The van der Waals surface area contributed by atoms with Crippen molar-refractivity contribution in [2.75, 3.05) is 13.2 Å². The lowest BCUT2D eigenvalue weighted by molar-refractivity contribution is 0.0423. The molecule has 1 heterocycles. The summed E-state index contributed by atoms with van der Waals surface area (Å²) < 4.78 is 18.0. The van der Waals surface area contributed by atoms with Gasteiger partial charge in [0.1, 0.15) is 11.9 Å². The fraction of sp³-hybridized carbons (Fsp3) is 0.308. The van der Waals surface area contributed by atoms with Crippen molar-refractivity contribution >= 4 is 0 Å². The number of aromatic amines is 1. The van der Waals surface area contributed by atoms with Crippen LogP contribution in [0.15, 0.2) is 30.5 Å². The summed E-state index contributed by atoms with van der Waals surface area (Å²) in [5, 5.41) is 16.7. The second kappa shape index (κ2) is 5.75. The number of nitrogens with zero attached hydrogens (tertiary/aromatic N) is 1. The Morgan fingerprint density at radius 2 is 2.11 bits per heavy atom. The normalized spacial score (nSPS) is 12.6. The lowest BCUT2D eigenvalue weighted by Crippen LogP contribution is -2.07. The summed E-state index contributed by atoms with van der Waals surface area (Å²) in [5.41, 5.74) is 2.11. The molecular weight excluding hydrogens is 235 g/mol. The van der Waals surface area contributed by atoms with Gasteiger partial charge < -0.3 is 9.84 Å². The first-order valence-corrected chi connectivity index (χ1v) is 5.77. The van der Waals surface area contributed by atoms with E-state index < -0.39 is 6.10 Å². The van der Waals surface area contributed by atoms with Gasteiger partial charge in [-0.05, 0) is 31.2 Å². The molecule has 1 aromatic carbocycles. The molecule has 0 radical (unpaired) electrons. The van der Waals surface area contributed by atoms with E-state index in [1.54, 1.807) is 18.3 Å². The van der Waals surface area contributed by atoms with Crippen molar-refractivity contribution < 1.29 is 14.2 Å². The number of halogens is 1. The van der Waals surface area contributed by atoms with Crippen LogP contribution in [0.1, 0.15) is 18.6 Å². The summed E-state index contributed by atoms with van der Waals surface area (Å²) in [6.45, 7) is 2.62. The van der Waals surface area contributed by atoms with Gasteiger partial charge in [0.25, 0.3) is 0 Å². The van der Waals surface area contributed by atoms with Crippen molar-refractivity contribution in [3.8, 4) is 11.3 Å². The number of aliphatic hydroxyl groups is 1. The minimum Gasteiger partial charge on any atom is -0.386 e. The fourth-order valence-corrected chi connectivity index (χ4v) is 1.72. The van der Waals surface area contributed by atoms with E-state index in [4.69, 9.17) is 4.74 Å². The van der Waals surface area contributed by atoms with E-state index >= 15 is 0 Å². The topological polar surface area (TPSA) is 58.1 Å². The zero-order valence-corrected chi connectivity index (χ0v) is 10.1. The molecule has 4 nitrogen and oxygen atoms in total. The number of rotatable bonds is 5. The molecule has 5 heteroatoms. The Labute approximate surface area is 104 Å². The maximum absolute atomic E-state index is 12.9. The summed E-state index contributed by atoms with van der Waals surface area (Å²) >= 11 is 0. The molecule has 2 rings (SSSR count). The van der Waals surface area contributed by atoms with E-state index in [9.17, 15) is 9.50 Å². The van der Waals surface area contributed by atoms with Gasteiger partial charge in [0.2, 0.25) is 0 Å². The lowest BCUT2D eigenvalue weighted by atomic mass is 10.0. The minimum absolute atomic E-state index is 0.213. The maximum Gasteiger partial charge on any atom is 0.123 e. The maximum atomic E-state index is 12.9. The summed E-state index contributed by atoms with van der Waals surface area (Å²) in [6.07, 6.45) is 0.811. The molecule has 0 fully saturated rings. The fourth-order valence-electron chi connectivity index (χ4n) is 1.72. The van der Waals surface area contributed by atoms with E-state index in [1.165, 1.54) is 12.1 Å². The summed E-state index contributed by atoms with van der Waals surface area (Å²) in [4.78, 5) is 0. The number of nitrogens with one attached hydrogen (secondary N) is 1. The van der Waals surface area contributed by atoms with E-state index in [0.717, 1.165) is 5.56 Å². The van der Waals surface area contributed by atoms with Crippen LogP contribution < -0.4 is 0 Å². The highest BCUT2D eigenvalue weighted by Crippen LogP contribution is 2.26. The predicted molar refractivity (Wildman–Crippen MR) is 65.4 cm³/mol. The molecule has 0 bridgehead atoms. The molecule has 1 atom stereocenters. The molecular formula is C13H15FN2O2. The highest BCUT2D eigenvalue weighted by atomic mass is 19.1. The van der Waals surface area contributed by atoms with Crippen molar-refractivity contribution in [1.82, 2.24) is 10.2 Å². The molecule has 0 aliphatic rings. The molecule has 0 saturated heterocycles. The Balaban J connectivity index is 2.24. The number of H-pyrrole nitrogens is 1. The van der Waals surface area contributed by atoms with Gasteiger partial charge in [-0.25, -0.2) is 4.39 Å². The van der Waals surface area contributed by atoms with Gasteiger partial charge in [0.05, 0.1) is 18.5 Å². The monoisotopic (exact) mass is 250 g/mol. The Morgan fingerprint density at radius 1 is 1.39 bits per heavy atom. The number of hydrogen-bond acceptors (Lipinski definition) is 3. The number of aliphatic hydroxyl groups excluding tert-OH is 1. The molecule has 18 heavy (non-hydrogen) atoms. The molecule has 2 N–H and O–H groups in total. The van der Waals surface area contributed by atoms with Crippen LogP contribution in [0, 0.1) is 5.82 Å². The van der Waals surface area contributed by atoms with Crippen LogP contribution in [0.5, 0.6) is 0 Å². The molecule has 1 unspecified atom stereocenters. The number of hydrogen-bond donors (Lipinski definition) is 2. The van der Waals surface area contributed by atoms with Crippen molar-refractivity contribution in [2.24, 2.45) is 0 Å². The van der Waals surface area contributed by atoms with Crippen LogP contribution in [-0.4, -0.2) is 28.5 Å². The van der Waals surface area contributed by atoms with Gasteiger partial charge in [-0.3, -0.25) is 5.10 Å². The van der Waals surface area contributed by atoms with Crippen LogP contribution in [0.3, 0.4) is 0 Å². The Kier molecular flexibility index (Phi) is 4.07. The first-order chi connectivity index (χ1) is 8.72. The Hall–Kier alpha value is -1.72. The average Bonchev–Trinajstić information content (AvgIpc) is 2.86. The number of ether oxygens (including phenoxy) is 1. The lowest BCUT2D eigenvalue weighted by Gasteiger charge is -2.10. The zero-order valence-electron chi connectivity index (χ0n) is 10.1. The first kappa shape index (κ1) is 12.7. The summed E-state index contributed by atoms with van der Waals surface area (Å²) in [6, 6.07) is 6.02. The second-order valence-electron chi connectivity index (χ2n) is 3.88. The second-order valence-corrected chi connectivity index (χ2v) is 3.88. The molecule has 1 aromatic heterocycles. The van der Waals surface area contributed by atoms with E-state index in [2.05, 4.69) is 10.2 Å². The van der Waals surface area contributed by atoms with E-state index in [-0.39, 0.29) is 12.4 Å². The van der Waals surface area contributed by atoms with Crippen LogP contribution in [0.25, 0.3) is 11.3 Å². The van der Waals surface area contributed by atoms with Gasteiger partial charge in [-0.2, -0.15) is 5.10 Å². The van der Waals surface area contributed by atoms with Crippen molar-refractivity contribution in [3.05, 3.63) is 41.8 Å². The van der Waals surface area contributed by atoms with E-state index in [0.29, 0.717) is 17.9 Å². The molecule has 0 aliphatic carbocycles. The number of aromatic nitrogens is 2. The number of benzene rings is 1. The standard InChI is InChI=1S/C13H15FN2O2/c1-2-18-8-12(17)11-7-15-16-13(11)9-3-5-10(14)6-4-9/h3-7,12,17H,2,8H2,1H3,(H,15,16). The third-order valence-corrected chi connectivity index (χ3v) is 2.64. The van der Waals surface area contributed by atoms with Crippen LogP contribution >= 0.6 is 0 Å². The van der Waals surface area contributed by atoms with Crippen LogP contribution in [0.2, 0.25) is 0 Å². The zero-order chi connectivity index (χ0) is 13.0. The van der Waals surface area contributed by atoms with Crippen LogP contribution in [0.4, 0.5) is 4.39 Å². The van der Waals surface area contributed by atoms with Gasteiger partial charge >= 0.3 is 0 Å². The highest BCUT2D eigenvalue weighted by Gasteiger charge is 2.15. The average molecular weight is 250 g/mol. The van der Waals surface area contributed by atoms with Gasteiger partial charge in [-0.15, -0.1) is 0 Å². The molecule has 0 spiro atoms. The Morgan fingerprint density at radius 3 is 2.78 bits per heavy atom. The van der Waals surface area contributed by atoms with E-state index in [1.807, 2.05) is 6.92 Å². The summed E-state index contributed by atoms with van der Waals surface area (Å²) in [7, 11) is 0. The van der Waals surface area contributed by atoms with Crippen LogP contribution in [-0.2, 0) is 4.74 Å². The van der Waals surface area contributed by atoms with Crippen molar-refractivity contribution in [1.29, 1.82) is 0 Å². The summed E-state index contributed by atoms with van der Waals surface area (Å²) in [5.74, 6) is -0.297. The van der Waals surface area contributed by atoms with Gasteiger partial charge in [-0.1, -0.05) is 0 Å². The molecule has 96 valence electrons. The molecule has 2 aromatic rings. The minimum atomic E-state index is -0.747.